The summed E-state index contributed by atoms with van der Waals surface area (Å²) in [6.45, 7) is 0. The minimum Gasteiger partial charge on any atom is -0.309 e. The van der Waals surface area contributed by atoms with E-state index in [-0.39, 0.29) is 33.3 Å². The quantitative estimate of drug-likeness (QED) is 0.156. The molecule has 334 valence electrons. The maximum absolute atomic E-state index is 15.7. The molecule has 0 fully saturated rings. The molecule has 0 N–H and O–H groups in total. The highest BCUT2D eigenvalue weighted by Crippen LogP contribution is 2.46. The smallest absolute Gasteiger partial charge is 0.309 e. The van der Waals surface area contributed by atoms with Crippen LogP contribution in [0.25, 0.3) is 100 Å². The molecule has 0 aliphatic carbocycles. The minimum absolute atomic E-state index is 0.0421. The van der Waals surface area contributed by atoms with E-state index in [1.54, 1.807) is 81.9 Å². The second-order valence-electron chi connectivity index (χ2n) is 16.3. The monoisotopic (exact) mass is 918 g/mol. The van der Waals surface area contributed by atoms with Gasteiger partial charge in [0.15, 0.2) is 5.82 Å². The van der Waals surface area contributed by atoms with Crippen molar-refractivity contribution in [2.45, 2.75) is 18.5 Å². The third-order valence-corrected chi connectivity index (χ3v) is 12.2. The van der Waals surface area contributed by atoms with Gasteiger partial charge in [-0.25, -0.2) is 9.97 Å². The summed E-state index contributed by atoms with van der Waals surface area (Å²) in [6.07, 6.45) is -14.3. The minimum atomic E-state index is -4.94. The Kier molecular flexibility index (Phi) is 9.81. The Hall–Kier alpha value is -8.19. The van der Waals surface area contributed by atoms with Crippen LogP contribution in [0.15, 0.2) is 188 Å². The number of nitrogens with zero attached hydrogens (tertiary/aromatic N) is 4. The van der Waals surface area contributed by atoms with Gasteiger partial charge >= 0.3 is 18.5 Å². The normalized spacial score (nSPS) is 12.5. The third kappa shape index (κ3) is 7.31. The van der Waals surface area contributed by atoms with Crippen LogP contribution in [0.5, 0.6) is 0 Å². The van der Waals surface area contributed by atoms with Gasteiger partial charge in [-0.15, -0.1) is 0 Å². The van der Waals surface area contributed by atoms with Gasteiger partial charge in [-0.2, -0.15) is 39.5 Å². The Labute approximate surface area is 380 Å². The fourth-order valence-electron chi connectivity index (χ4n) is 9.15. The molecule has 0 aliphatic rings. The second kappa shape index (κ2) is 15.7. The van der Waals surface area contributed by atoms with Crippen molar-refractivity contribution < 1.29 is 39.5 Å². The van der Waals surface area contributed by atoms with E-state index in [1.165, 1.54) is 24.3 Å². The van der Waals surface area contributed by atoms with Crippen molar-refractivity contribution in [2.24, 2.45) is 0 Å². The molecule has 11 aromatic rings. The SMILES string of the molecule is FC(F)(F)c1ccc2c(c1)c1ccccc1n2-c1ccc(C(F)(F)F)c(-c2cc(-c3cc(-c4ccccc4)nc(-c4ccccc4)n3)ccc2-n2c3ccccc3c3cc(C(F)(F)F)ccc32)c1. The molecule has 0 saturated heterocycles. The summed E-state index contributed by atoms with van der Waals surface area (Å²) in [5.41, 5.74) is 1.63. The van der Waals surface area contributed by atoms with Crippen LogP contribution >= 0.6 is 0 Å². The molecule has 3 heterocycles. The van der Waals surface area contributed by atoms with E-state index in [4.69, 9.17) is 9.97 Å². The van der Waals surface area contributed by atoms with E-state index < -0.39 is 35.2 Å². The Morgan fingerprint density at radius 1 is 0.338 bits per heavy atom. The van der Waals surface area contributed by atoms with Crippen molar-refractivity contribution in [3.63, 3.8) is 0 Å². The zero-order chi connectivity index (χ0) is 47.1. The Balaban J connectivity index is 1.23. The summed E-state index contributed by atoms with van der Waals surface area (Å²) in [6, 6.07) is 48.8. The van der Waals surface area contributed by atoms with Crippen LogP contribution in [0.4, 0.5) is 39.5 Å². The van der Waals surface area contributed by atoms with Gasteiger partial charge < -0.3 is 9.13 Å². The van der Waals surface area contributed by atoms with Crippen molar-refractivity contribution in [3.05, 3.63) is 205 Å². The molecule has 0 saturated carbocycles. The Bertz CT molecular complexity index is 3700. The van der Waals surface area contributed by atoms with Gasteiger partial charge in [0.25, 0.3) is 0 Å². The highest BCUT2D eigenvalue weighted by molar-refractivity contribution is 6.11. The summed E-state index contributed by atoms with van der Waals surface area (Å²) in [5.74, 6) is 0.355. The van der Waals surface area contributed by atoms with Crippen LogP contribution in [0.1, 0.15) is 16.7 Å². The molecule has 0 spiro atoms. The maximum atomic E-state index is 15.7. The number of hydrogen-bond acceptors (Lipinski definition) is 2. The van der Waals surface area contributed by atoms with Gasteiger partial charge in [-0.3, -0.25) is 0 Å². The predicted octanol–water partition coefficient (Wildman–Crippen LogP) is 16.4. The molecule has 4 nitrogen and oxygen atoms in total. The number of halogens is 9. The van der Waals surface area contributed by atoms with Crippen LogP contribution in [0.2, 0.25) is 0 Å². The second-order valence-corrected chi connectivity index (χ2v) is 16.3. The third-order valence-electron chi connectivity index (χ3n) is 12.2. The first kappa shape index (κ1) is 42.4. The highest BCUT2D eigenvalue weighted by atomic mass is 19.4. The van der Waals surface area contributed by atoms with Crippen LogP contribution < -0.4 is 0 Å². The number of rotatable bonds is 6. The number of fused-ring (bicyclic) bond motifs is 6. The van der Waals surface area contributed by atoms with Crippen LogP contribution in [0, 0.1) is 0 Å². The molecule has 8 aromatic carbocycles. The van der Waals surface area contributed by atoms with Gasteiger partial charge in [0.05, 0.1) is 55.8 Å². The molecule has 0 atom stereocenters. The van der Waals surface area contributed by atoms with Crippen molar-refractivity contribution in [1.82, 2.24) is 19.1 Å². The fraction of sp³-hybridized carbons (Fsp3) is 0.0545. The Morgan fingerprint density at radius 3 is 1.41 bits per heavy atom. The molecule has 0 amide bonds. The standard InChI is InChI=1S/C55H31F9N4/c56-53(57,58)35-20-25-49-42(28-35)38-15-7-9-17-47(38)67(49)37-22-23-44(55(62,63)64)40(30-37)41-27-34(46-31-45(32-11-3-1-4-12-32)65-52(66-46)33-13-5-2-6-14-33)19-24-50(41)68-48-18-10-8-16-39(48)43-29-36(54(59,60)61)21-26-51(43)68/h1-31H. The number of para-hydroxylation sites is 2. The summed E-state index contributed by atoms with van der Waals surface area (Å²) >= 11 is 0. The molecule has 0 aliphatic heterocycles. The zero-order valence-electron chi connectivity index (χ0n) is 35.1. The molecule has 0 bridgehead atoms. The van der Waals surface area contributed by atoms with Crippen LogP contribution in [0.3, 0.4) is 0 Å². The molecular weight excluding hydrogens is 888 g/mol. The van der Waals surface area contributed by atoms with E-state index in [0.29, 0.717) is 61.2 Å². The maximum Gasteiger partial charge on any atom is 0.417 e. The number of aromatic nitrogens is 4. The average molecular weight is 919 g/mol. The van der Waals surface area contributed by atoms with E-state index in [9.17, 15) is 26.3 Å². The number of hydrogen-bond donors (Lipinski definition) is 0. The molecule has 11 rings (SSSR count). The van der Waals surface area contributed by atoms with Gasteiger partial charge in [0, 0.05) is 49.5 Å². The van der Waals surface area contributed by atoms with Crippen molar-refractivity contribution in [3.8, 4) is 56.4 Å². The molecule has 0 unspecified atom stereocenters. The fourth-order valence-corrected chi connectivity index (χ4v) is 9.15. The summed E-state index contributed by atoms with van der Waals surface area (Å²) in [4.78, 5) is 9.83. The lowest BCUT2D eigenvalue weighted by Gasteiger charge is -2.21. The molecule has 13 heteroatoms. The Morgan fingerprint density at radius 2 is 0.838 bits per heavy atom. The van der Waals surface area contributed by atoms with E-state index in [2.05, 4.69) is 0 Å². The lowest BCUT2D eigenvalue weighted by molar-refractivity contribution is -0.138. The lowest BCUT2D eigenvalue weighted by Crippen LogP contribution is -2.10. The van der Waals surface area contributed by atoms with Crippen LogP contribution in [-0.2, 0) is 18.5 Å². The molecule has 3 aromatic heterocycles. The first-order valence-corrected chi connectivity index (χ1v) is 21.2. The van der Waals surface area contributed by atoms with Gasteiger partial charge in [0.1, 0.15) is 0 Å². The number of alkyl halides is 9. The predicted molar refractivity (Wildman–Crippen MR) is 247 cm³/mol. The molecule has 0 radical (unpaired) electrons. The average Bonchev–Trinajstić information content (AvgIpc) is 3.85. The van der Waals surface area contributed by atoms with E-state index >= 15 is 13.2 Å². The summed E-state index contributed by atoms with van der Waals surface area (Å²) < 4.78 is 135. The number of benzene rings is 8. The van der Waals surface area contributed by atoms with Gasteiger partial charge in [-0.05, 0) is 90.5 Å². The molecular formula is C55H31F9N4. The van der Waals surface area contributed by atoms with Crippen molar-refractivity contribution >= 4 is 43.6 Å². The van der Waals surface area contributed by atoms with Crippen molar-refractivity contribution in [1.29, 1.82) is 0 Å². The van der Waals surface area contributed by atoms with Crippen LogP contribution in [-0.4, -0.2) is 19.1 Å². The first-order chi connectivity index (χ1) is 32.6. The first-order valence-electron chi connectivity index (χ1n) is 21.2. The van der Waals surface area contributed by atoms with E-state index in [0.717, 1.165) is 35.9 Å². The zero-order valence-corrected chi connectivity index (χ0v) is 35.1. The van der Waals surface area contributed by atoms with Gasteiger partial charge in [0.2, 0.25) is 0 Å². The lowest BCUT2D eigenvalue weighted by atomic mass is 9.93. The highest BCUT2D eigenvalue weighted by Gasteiger charge is 2.36. The van der Waals surface area contributed by atoms with E-state index in [1.807, 2.05) is 60.7 Å². The summed E-state index contributed by atoms with van der Waals surface area (Å²) in [5, 5.41) is 1.37. The van der Waals surface area contributed by atoms with Gasteiger partial charge in [-0.1, -0.05) is 103 Å². The largest absolute Gasteiger partial charge is 0.417 e. The molecule has 68 heavy (non-hydrogen) atoms. The summed E-state index contributed by atoms with van der Waals surface area (Å²) in [7, 11) is 0. The van der Waals surface area contributed by atoms with Crippen molar-refractivity contribution in [2.75, 3.05) is 0 Å². The topological polar surface area (TPSA) is 35.6 Å².